The quantitative estimate of drug-likeness (QED) is 0.410. The van der Waals surface area contributed by atoms with Crippen molar-refractivity contribution in [2.24, 2.45) is 5.73 Å². The number of nitrogens with two attached hydrogens (primary N) is 1. The van der Waals surface area contributed by atoms with Gasteiger partial charge in [0.15, 0.2) is 0 Å². The van der Waals surface area contributed by atoms with E-state index in [9.17, 15) is 24.3 Å². The zero-order valence-electron chi connectivity index (χ0n) is 13.9. The maximum Gasteiger partial charge on any atom is 0.326 e. The summed E-state index contributed by atoms with van der Waals surface area (Å²) in [7, 11) is 0. The Bertz CT molecular complexity index is 554. The number of nitrogens with zero attached hydrogens (tertiary/aromatic N) is 2. The minimum atomic E-state index is -1.23. The number of rotatable bonds is 6. The molecule has 0 aromatic rings. The molecular formula is C15H24N4O6. The smallest absolute Gasteiger partial charge is 0.326 e. The van der Waals surface area contributed by atoms with E-state index in [1.165, 1.54) is 9.80 Å². The lowest BCUT2D eigenvalue weighted by Gasteiger charge is -2.28. The molecule has 2 heterocycles. The highest BCUT2D eigenvalue weighted by molar-refractivity contribution is 5.94. The van der Waals surface area contributed by atoms with Crippen molar-refractivity contribution >= 4 is 23.7 Å². The van der Waals surface area contributed by atoms with E-state index in [2.05, 4.69) is 5.32 Å². The van der Waals surface area contributed by atoms with E-state index in [0.29, 0.717) is 32.2 Å². The fourth-order valence-electron chi connectivity index (χ4n) is 3.40. The molecule has 2 rings (SSSR count). The summed E-state index contributed by atoms with van der Waals surface area (Å²) in [6.07, 6.45) is 1.99. The molecule has 0 aliphatic carbocycles. The number of aliphatic hydroxyl groups is 1. The van der Waals surface area contributed by atoms with Crippen LogP contribution in [0.15, 0.2) is 0 Å². The highest BCUT2D eigenvalue weighted by Crippen LogP contribution is 2.20. The van der Waals surface area contributed by atoms with Crippen LogP contribution < -0.4 is 11.1 Å². The first kappa shape index (κ1) is 19.1. The molecule has 3 unspecified atom stereocenters. The fourth-order valence-corrected chi connectivity index (χ4v) is 3.40. The highest BCUT2D eigenvalue weighted by atomic mass is 16.4. The number of aliphatic hydroxyl groups excluding tert-OH is 1. The van der Waals surface area contributed by atoms with Crippen molar-refractivity contribution in [2.45, 2.75) is 43.8 Å². The van der Waals surface area contributed by atoms with Crippen LogP contribution in [0.2, 0.25) is 0 Å². The molecule has 5 N–H and O–H groups in total. The lowest BCUT2D eigenvalue weighted by atomic mass is 10.1. The first-order valence-corrected chi connectivity index (χ1v) is 8.34. The van der Waals surface area contributed by atoms with Crippen LogP contribution in [0.4, 0.5) is 0 Å². The first-order valence-electron chi connectivity index (χ1n) is 8.34. The summed E-state index contributed by atoms with van der Waals surface area (Å²) in [6.45, 7) is -0.173. The Kier molecular flexibility index (Phi) is 6.32. The van der Waals surface area contributed by atoms with Crippen LogP contribution in [0.3, 0.4) is 0 Å². The molecule has 10 heteroatoms. The van der Waals surface area contributed by atoms with Gasteiger partial charge in [-0.05, 0) is 25.7 Å². The monoisotopic (exact) mass is 356 g/mol. The van der Waals surface area contributed by atoms with Gasteiger partial charge < -0.3 is 31.1 Å². The Hall–Kier alpha value is -2.20. The maximum absolute atomic E-state index is 12.5. The van der Waals surface area contributed by atoms with Crippen LogP contribution in [-0.4, -0.2) is 88.1 Å². The zero-order valence-corrected chi connectivity index (χ0v) is 13.9. The van der Waals surface area contributed by atoms with E-state index in [0.717, 1.165) is 0 Å². The van der Waals surface area contributed by atoms with Gasteiger partial charge in [-0.25, -0.2) is 4.79 Å². The van der Waals surface area contributed by atoms with Gasteiger partial charge in [0.1, 0.15) is 18.1 Å². The van der Waals surface area contributed by atoms with Crippen molar-refractivity contribution in [3.8, 4) is 0 Å². The third-order valence-corrected chi connectivity index (χ3v) is 4.67. The van der Waals surface area contributed by atoms with Crippen molar-refractivity contribution < 1.29 is 29.4 Å². The number of carbonyl (C=O) groups is 4. The minimum Gasteiger partial charge on any atom is -0.480 e. The van der Waals surface area contributed by atoms with E-state index >= 15 is 0 Å². The molecule has 0 saturated carbocycles. The molecule has 10 nitrogen and oxygen atoms in total. The topological polar surface area (TPSA) is 153 Å². The van der Waals surface area contributed by atoms with Gasteiger partial charge in [-0.3, -0.25) is 14.4 Å². The lowest BCUT2D eigenvalue weighted by molar-refractivity contribution is -0.150. The van der Waals surface area contributed by atoms with Crippen LogP contribution in [0, 0.1) is 0 Å². The number of carboxylic acids is 1. The molecule has 3 atom stereocenters. The molecule has 0 bridgehead atoms. The Balaban J connectivity index is 2.03. The Morgan fingerprint density at radius 2 is 1.68 bits per heavy atom. The molecule has 0 spiro atoms. The van der Waals surface area contributed by atoms with E-state index in [-0.39, 0.29) is 19.0 Å². The Labute approximate surface area is 144 Å². The molecule has 140 valence electrons. The number of aliphatic carboxylic acids is 1. The van der Waals surface area contributed by atoms with Gasteiger partial charge in [0, 0.05) is 13.1 Å². The molecule has 0 aromatic heterocycles. The summed E-state index contributed by atoms with van der Waals surface area (Å²) in [4.78, 5) is 50.5. The summed E-state index contributed by atoms with van der Waals surface area (Å²) < 4.78 is 0. The molecule has 0 radical (unpaired) electrons. The second kappa shape index (κ2) is 8.26. The normalized spacial score (nSPS) is 24.2. The van der Waals surface area contributed by atoms with Crippen molar-refractivity contribution in [1.82, 2.24) is 15.1 Å². The molecule has 2 aliphatic rings. The molecule has 3 amide bonds. The summed E-state index contributed by atoms with van der Waals surface area (Å²) in [5.74, 6) is -2.63. The van der Waals surface area contributed by atoms with Crippen molar-refractivity contribution in [3.63, 3.8) is 0 Å². The summed E-state index contributed by atoms with van der Waals surface area (Å²) in [5.41, 5.74) is 5.34. The number of amides is 3. The molecule has 0 aromatic carbocycles. The SMILES string of the molecule is NCC(=O)N1CCCC1C(=O)NC(CO)C(=O)N1CCCC1C(=O)O. The van der Waals surface area contributed by atoms with Crippen LogP contribution in [-0.2, 0) is 19.2 Å². The highest BCUT2D eigenvalue weighted by Gasteiger charge is 2.39. The van der Waals surface area contributed by atoms with E-state index in [1.54, 1.807) is 0 Å². The van der Waals surface area contributed by atoms with E-state index < -0.39 is 42.5 Å². The second-order valence-electron chi connectivity index (χ2n) is 6.22. The zero-order chi connectivity index (χ0) is 18.6. The number of hydrogen-bond donors (Lipinski definition) is 4. The Morgan fingerprint density at radius 3 is 2.24 bits per heavy atom. The number of nitrogens with one attached hydrogen (secondary N) is 1. The molecule has 2 aliphatic heterocycles. The van der Waals surface area contributed by atoms with Gasteiger partial charge in [-0.15, -0.1) is 0 Å². The van der Waals surface area contributed by atoms with Gasteiger partial charge >= 0.3 is 5.97 Å². The molecule has 2 saturated heterocycles. The molecular weight excluding hydrogens is 332 g/mol. The average molecular weight is 356 g/mol. The van der Waals surface area contributed by atoms with Crippen molar-refractivity contribution in [2.75, 3.05) is 26.2 Å². The summed E-state index contributed by atoms with van der Waals surface area (Å²) in [6, 6.07) is -2.91. The van der Waals surface area contributed by atoms with Crippen molar-refractivity contribution in [3.05, 3.63) is 0 Å². The number of carboxylic acid groups (broad SMARTS) is 1. The van der Waals surface area contributed by atoms with E-state index in [1.807, 2.05) is 0 Å². The average Bonchev–Trinajstić information content (AvgIpc) is 3.26. The van der Waals surface area contributed by atoms with Crippen LogP contribution >= 0.6 is 0 Å². The number of hydrogen-bond acceptors (Lipinski definition) is 6. The van der Waals surface area contributed by atoms with E-state index in [4.69, 9.17) is 10.8 Å². The second-order valence-corrected chi connectivity index (χ2v) is 6.22. The number of likely N-dealkylation sites (tertiary alicyclic amines) is 2. The predicted octanol–water partition coefficient (Wildman–Crippen LogP) is -2.51. The van der Waals surface area contributed by atoms with Gasteiger partial charge in [-0.2, -0.15) is 0 Å². The van der Waals surface area contributed by atoms with Gasteiger partial charge in [-0.1, -0.05) is 0 Å². The van der Waals surface area contributed by atoms with Gasteiger partial charge in [0.05, 0.1) is 13.2 Å². The van der Waals surface area contributed by atoms with Gasteiger partial charge in [0.25, 0.3) is 0 Å². The first-order chi connectivity index (χ1) is 11.9. The summed E-state index contributed by atoms with van der Waals surface area (Å²) in [5, 5.41) is 21.1. The fraction of sp³-hybridized carbons (Fsp3) is 0.733. The van der Waals surface area contributed by atoms with Crippen LogP contribution in [0.5, 0.6) is 0 Å². The maximum atomic E-state index is 12.5. The van der Waals surface area contributed by atoms with Crippen molar-refractivity contribution in [1.29, 1.82) is 0 Å². The third kappa shape index (κ3) is 4.07. The van der Waals surface area contributed by atoms with Gasteiger partial charge in [0.2, 0.25) is 17.7 Å². The predicted molar refractivity (Wildman–Crippen MR) is 85.2 cm³/mol. The molecule has 2 fully saturated rings. The van der Waals surface area contributed by atoms with Crippen LogP contribution in [0.25, 0.3) is 0 Å². The largest absolute Gasteiger partial charge is 0.480 e. The lowest BCUT2D eigenvalue weighted by Crippen LogP contribution is -2.57. The Morgan fingerprint density at radius 1 is 1.08 bits per heavy atom. The third-order valence-electron chi connectivity index (χ3n) is 4.67. The summed E-state index contributed by atoms with van der Waals surface area (Å²) >= 11 is 0. The minimum absolute atomic E-state index is 0.208. The van der Waals surface area contributed by atoms with Crippen LogP contribution in [0.1, 0.15) is 25.7 Å². The number of carbonyl (C=O) groups excluding carboxylic acids is 3. The standard InChI is InChI=1S/C15H24N4O6/c16-7-12(21)18-5-1-3-10(18)13(22)17-9(8-20)14(23)19-6-2-4-11(19)15(24)25/h9-11,20H,1-8,16H2,(H,17,22)(H,24,25). The molecule has 25 heavy (non-hydrogen) atoms.